The molecule has 3 nitrogen and oxygen atoms in total. The number of carbonyl (C=O) groups is 1. The average Bonchev–Trinajstić information content (AvgIpc) is 3.09. The number of halogens is 3. The van der Waals surface area contributed by atoms with E-state index < -0.39 is 17.8 Å². The largest absolute Gasteiger partial charge is 0.449 e. The minimum atomic E-state index is -4.36. The van der Waals surface area contributed by atoms with Crippen LogP contribution in [0.1, 0.15) is 33.7 Å². The fraction of sp³-hybridized carbons (Fsp3) is 0.192. The molecule has 6 heteroatoms. The zero-order chi connectivity index (χ0) is 22.7. The Bertz CT molecular complexity index is 1120. The Morgan fingerprint density at radius 3 is 2.22 bits per heavy atom. The van der Waals surface area contributed by atoms with E-state index in [2.05, 4.69) is 29.6 Å². The summed E-state index contributed by atoms with van der Waals surface area (Å²) in [4.78, 5) is 12.2. The number of fused-ring (bicyclic) bond motifs is 3. The number of rotatable bonds is 5. The number of alkyl halides is 3. The van der Waals surface area contributed by atoms with Crippen LogP contribution in [0, 0.1) is 6.92 Å². The number of hydrogen-bond acceptors (Lipinski definition) is 2. The molecule has 4 rings (SSSR count). The lowest BCUT2D eigenvalue weighted by Crippen LogP contribution is -2.26. The molecule has 0 spiro atoms. The molecule has 3 aromatic rings. The van der Waals surface area contributed by atoms with Gasteiger partial charge in [0.2, 0.25) is 0 Å². The van der Waals surface area contributed by atoms with E-state index in [-0.39, 0.29) is 19.1 Å². The van der Waals surface area contributed by atoms with Crippen molar-refractivity contribution >= 4 is 12.2 Å². The molecule has 1 amide bonds. The number of nitrogens with one attached hydrogen (secondary N) is 1. The van der Waals surface area contributed by atoms with Crippen LogP contribution >= 0.6 is 0 Å². The number of hydrogen-bond donors (Lipinski definition) is 1. The van der Waals surface area contributed by atoms with Crippen LogP contribution in [0.15, 0.2) is 72.8 Å². The van der Waals surface area contributed by atoms with Gasteiger partial charge in [0.05, 0.1) is 5.56 Å². The second-order valence-corrected chi connectivity index (χ2v) is 7.68. The third-order valence-corrected chi connectivity index (χ3v) is 5.60. The van der Waals surface area contributed by atoms with Crippen molar-refractivity contribution < 1.29 is 22.7 Å². The van der Waals surface area contributed by atoms with Gasteiger partial charge in [-0.2, -0.15) is 13.2 Å². The van der Waals surface area contributed by atoms with Crippen LogP contribution in [0.4, 0.5) is 18.0 Å². The first kappa shape index (κ1) is 21.7. The molecular weight excluding hydrogens is 415 g/mol. The number of amides is 1. The molecule has 0 radical (unpaired) electrons. The predicted molar refractivity (Wildman–Crippen MR) is 118 cm³/mol. The molecule has 0 heterocycles. The van der Waals surface area contributed by atoms with Crippen molar-refractivity contribution in [3.8, 4) is 11.1 Å². The lowest BCUT2D eigenvalue weighted by atomic mass is 9.98. The summed E-state index contributed by atoms with van der Waals surface area (Å²) in [5, 5.41) is 2.65. The van der Waals surface area contributed by atoms with Gasteiger partial charge in [0.25, 0.3) is 0 Å². The standard InChI is InChI=1S/C26H22F3NO2/c1-17-15-19(26(27,28)29)13-12-18(17)7-6-14-30-25(31)32-16-24-22-10-4-2-8-20(22)21-9-3-5-11-23(21)24/h2-13,15,24H,14,16H2,1H3,(H,30,31). The maximum absolute atomic E-state index is 12.8. The first-order valence-electron chi connectivity index (χ1n) is 10.3. The molecule has 0 saturated heterocycles. The Kier molecular flexibility index (Phi) is 6.04. The number of carbonyl (C=O) groups excluding carboxylic acids is 1. The summed E-state index contributed by atoms with van der Waals surface area (Å²) in [5.74, 6) is -0.0153. The van der Waals surface area contributed by atoms with E-state index in [0.29, 0.717) is 11.1 Å². The van der Waals surface area contributed by atoms with Crippen LogP contribution in [-0.4, -0.2) is 19.2 Å². The zero-order valence-corrected chi connectivity index (χ0v) is 17.4. The van der Waals surface area contributed by atoms with Crippen LogP contribution in [0.5, 0.6) is 0 Å². The number of benzene rings is 3. The first-order chi connectivity index (χ1) is 15.3. The first-order valence-corrected chi connectivity index (χ1v) is 10.3. The molecule has 32 heavy (non-hydrogen) atoms. The summed E-state index contributed by atoms with van der Waals surface area (Å²) >= 11 is 0. The molecule has 0 fully saturated rings. The van der Waals surface area contributed by atoms with E-state index in [1.165, 1.54) is 6.07 Å². The molecule has 0 atom stereocenters. The summed E-state index contributed by atoms with van der Waals surface area (Å²) in [6.07, 6.45) is -1.55. The van der Waals surface area contributed by atoms with Gasteiger partial charge in [0.15, 0.2) is 0 Å². The topological polar surface area (TPSA) is 38.3 Å². The van der Waals surface area contributed by atoms with Crippen molar-refractivity contribution in [3.63, 3.8) is 0 Å². The Labute approximate surface area is 184 Å². The summed E-state index contributed by atoms with van der Waals surface area (Å²) in [6, 6.07) is 19.8. The zero-order valence-electron chi connectivity index (χ0n) is 17.4. The van der Waals surface area contributed by atoms with Crippen molar-refractivity contribution in [2.45, 2.75) is 19.0 Å². The van der Waals surface area contributed by atoms with E-state index >= 15 is 0 Å². The van der Waals surface area contributed by atoms with Gasteiger partial charge in [-0.3, -0.25) is 0 Å². The van der Waals surface area contributed by atoms with Gasteiger partial charge >= 0.3 is 12.3 Å². The normalized spacial score (nSPS) is 13.1. The summed E-state index contributed by atoms with van der Waals surface area (Å²) in [5.41, 5.74) is 5.09. The van der Waals surface area contributed by atoms with Gasteiger partial charge in [-0.1, -0.05) is 66.7 Å². The highest BCUT2D eigenvalue weighted by atomic mass is 19.4. The predicted octanol–water partition coefficient (Wildman–Crippen LogP) is 6.57. The highest BCUT2D eigenvalue weighted by Crippen LogP contribution is 2.44. The van der Waals surface area contributed by atoms with Crippen molar-refractivity contribution in [2.24, 2.45) is 0 Å². The van der Waals surface area contributed by atoms with Crippen molar-refractivity contribution in [1.82, 2.24) is 5.32 Å². The minimum absolute atomic E-state index is 0.0153. The van der Waals surface area contributed by atoms with Crippen molar-refractivity contribution in [1.29, 1.82) is 0 Å². The number of ether oxygens (including phenoxy) is 1. The highest BCUT2D eigenvalue weighted by molar-refractivity contribution is 5.79. The quantitative estimate of drug-likeness (QED) is 0.491. The molecule has 3 aromatic carbocycles. The lowest BCUT2D eigenvalue weighted by Gasteiger charge is -2.14. The molecule has 0 bridgehead atoms. The Balaban J connectivity index is 1.32. The Morgan fingerprint density at radius 1 is 1.00 bits per heavy atom. The fourth-order valence-corrected chi connectivity index (χ4v) is 4.02. The fourth-order valence-electron chi connectivity index (χ4n) is 4.02. The molecular formula is C26H22F3NO2. The maximum atomic E-state index is 12.8. The summed E-state index contributed by atoms with van der Waals surface area (Å²) in [6.45, 7) is 2.05. The Morgan fingerprint density at radius 2 is 1.62 bits per heavy atom. The van der Waals surface area contributed by atoms with Gasteiger partial charge in [0.1, 0.15) is 6.61 Å². The highest BCUT2D eigenvalue weighted by Gasteiger charge is 2.30. The monoisotopic (exact) mass is 437 g/mol. The molecule has 164 valence electrons. The van der Waals surface area contributed by atoms with E-state index in [0.717, 1.165) is 34.4 Å². The van der Waals surface area contributed by atoms with Gasteiger partial charge < -0.3 is 10.1 Å². The second-order valence-electron chi connectivity index (χ2n) is 7.68. The molecule has 1 aliphatic rings. The van der Waals surface area contributed by atoms with Crippen LogP contribution < -0.4 is 5.32 Å². The lowest BCUT2D eigenvalue weighted by molar-refractivity contribution is -0.137. The maximum Gasteiger partial charge on any atom is 0.416 e. The Hall–Kier alpha value is -3.54. The van der Waals surface area contributed by atoms with Gasteiger partial charge in [-0.25, -0.2) is 4.79 Å². The summed E-state index contributed by atoms with van der Waals surface area (Å²) < 4.78 is 43.8. The van der Waals surface area contributed by atoms with Crippen LogP contribution in [-0.2, 0) is 10.9 Å². The van der Waals surface area contributed by atoms with Crippen LogP contribution in [0.25, 0.3) is 17.2 Å². The smallest absolute Gasteiger partial charge is 0.416 e. The SMILES string of the molecule is Cc1cc(C(F)(F)F)ccc1C=CCNC(=O)OCC1c2ccccc2-c2ccccc21. The molecule has 1 N–H and O–H groups in total. The number of aryl methyl sites for hydroxylation is 1. The van der Waals surface area contributed by atoms with E-state index in [4.69, 9.17) is 4.74 Å². The van der Waals surface area contributed by atoms with E-state index in [9.17, 15) is 18.0 Å². The average molecular weight is 437 g/mol. The molecule has 0 saturated carbocycles. The van der Waals surface area contributed by atoms with E-state index in [1.54, 1.807) is 19.1 Å². The van der Waals surface area contributed by atoms with Crippen molar-refractivity contribution in [2.75, 3.05) is 13.2 Å². The molecule has 0 aromatic heterocycles. The van der Waals surface area contributed by atoms with Crippen molar-refractivity contribution in [3.05, 3.63) is 101 Å². The second kappa shape index (κ2) is 8.91. The minimum Gasteiger partial charge on any atom is -0.449 e. The molecule has 1 aliphatic carbocycles. The summed E-state index contributed by atoms with van der Waals surface area (Å²) in [7, 11) is 0. The third-order valence-electron chi connectivity index (χ3n) is 5.60. The molecule has 0 aliphatic heterocycles. The van der Waals surface area contributed by atoms with Gasteiger partial charge in [-0.15, -0.1) is 0 Å². The van der Waals surface area contributed by atoms with E-state index in [1.807, 2.05) is 24.3 Å². The number of alkyl carbamates (subject to hydrolysis) is 1. The van der Waals surface area contributed by atoms with Crippen LogP contribution in [0.2, 0.25) is 0 Å². The molecule has 0 unspecified atom stereocenters. The van der Waals surface area contributed by atoms with Crippen LogP contribution in [0.3, 0.4) is 0 Å². The van der Waals surface area contributed by atoms with Gasteiger partial charge in [-0.05, 0) is 52.4 Å². The van der Waals surface area contributed by atoms with Gasteiger partial charge in [0, 0.05) is 12.5 Å². The third kappa shape index (κ3) is 4.54.